The van der Waals surface area contributed by atoms with Crippen molar-refractivity contribution >= 4 is 27.3 Å². The summed E-state index contributed by atoms with van der Waals surface area (Å²) in [7, 11) is -3.14. The van der Waals surface area contributed by atoms with Crippen molar-refractivity contribution in [2.45, 2.75) is 31.2 Å². The molecule has 2 unspecified atom stereocenters. The minimum absolute atomic E-state index is 0.0776. The number of rotatable bonds is 3. The van der Waals surface area contributed by atoms with Crippen molar-refractivity contribution in [2.75, 3.05) is 11.5 Å². The Labute approximate surface area is 124 Å². The molecule has 2 rings (SSSR count). The van der Waals surface area contributed by atoms with E-state index in [0.717, 1.165) is 5.56 Å². The maximum Gasteiger partial charge on any atom is 0.251 e. The molecule has 0 aromatic heterocycles. The van der Waals surface area contributed by atoms with Crippen LogP contribution in [0, 0.1) is 0 Å². The van der Waals surface area contributed by atoms with Crippen LogP contribution in [0.3, 0.4) is 0 Å². The van der Waals surface area contributed by atoms with Crippen LogP contribution in [0.2, 0.25) is 0 Å². The third-order valence-electron chi connectivity index (χ3n) is 3.44. The zero-order chi connectivity index (χ0) is 14.9. The number of carbonyl (C=O) groups is 1. The molecule has 0 aliphatic carbocycles. The summed E-state index contributed by atoms with van der Waals surface area (Å²) in [5.74, 6) is -0.0460. The number of benzene rings is 1. The summed E-state index contributed by atoms with van der Waals surface area (Å²) in [5.41, 5.74) is 1.67. The molecule has 1 amide bonds. The summed E-state index contributed by atoms with van der Waals surface area (Å²) in [6, 6.07) is 6.79. The molecular weight excluding hydrogens is 298 g/mol. The molecular formula is C14H18ClNO3S. The maximum absolute atomic E-state index is 12.1. The molecule has 0 spiro atoms. The van der Waals surface area contributed by atoms with E-state index in [2.05, 4.69) is 19.2 Å². The highest BCUT2D eigenvalue weighted by Crippen LogP contribution is 2.19. The molecule has 1 aliphatic rings. The van der Waals surface area contributed by atoms with Gasteiger partial charge >= 0.3 is 0 Å². The number of alkyl halides is 1. The maximum atomic E-state index is 12.1. The number of nitrogens with one attached hydrogen (secondary N) is 1. The van der Waals surface area contributed by atoms with Crippen LogP contribution in [-0.4, -0.2) is 37.2 Å². The topological polar surface area (TPSA) is 63.2 Å². The van der Waals surface area contributed by atoms with Gasteiger partial charge in [0.05, 0.1) is 22.9 Å². The first-order valence-electron chi connectivity index (χ1n) is 6.54. The van der Waals surface area contributed by atoms with E-state index in [0.29, 0.717) is 11.5 Å². The second-order valence-electron chi connectivity index (χ2n) is 5.45. The van der Waals surface area contributed by atoms with Gasteiger partial charge in [-0.3, -0.25) is 4.79 Å². The van der Waals surface area contributed by atoms with Crippen LogP contribution in [0.15, 0.2) is 24.3 Å². The predicted molar refractivity (Wildman–Crippen MR) is 80.1 cm³/mol. The molecule has 1 N–H and O–H groups in total. The Morgan fingerprint density at radius 1 is 1.25 bits per heavy atom. The molecule has 110 valence electrons. The van der Waals surface area contributed by atoms with Gasteiger partial charge in [-0.1, -0.05) is 26.0 Å². The zero-order valence-electron chi connectivity index (χ0n) is 11.5. The first-order valence-corrected chi connectivity index (χ1v) is 8.79. The number of hydrogen-bond donors (Lipinski definition) is 1. The summed E-state index contributed by atoms with van der Waals surface area (Å²) >= 11 is 5.97. The quantitative estimate of drug-likeness (QED) is 0.867. The fourth-order valence-electron chi connectivity index (χ4n) is 2.21. The van der Waals surface area contributed by atoms with E-state index < -0.39 is 21.3 Å². The van der Waals surface area contributed by atoms with Crippen LogP contribution in [0.1, 0.15) is 35.7 Å². The molecule has 1 aromatic rings. The second-order valence-corrected chi connectivity index (χ2v) is 8.16. The molecule has 1 aromatic carbocycles. The highest BCUT2D eigenvalue weighted by Gasteiger charge is 2.37. The van der Waals surface area contributed by atoms with Crippen LogP contribution in [-0.2, 0) is 9.84 Å². The minimum atomic E-state index is -3.14. The van der Waals surface area contributed by atoms with Crippen LogP contribution in [0.4, 0.5) is 0 Å². The Balaban J connectivity index is 2.05. The lowest BCUT2D eigenvalue weighted by Crippen LogP contribution is -2.40. The lowest BCUT2D eigenvalue weighted by atomic mass is 10.0. The molecule has 2 atom stereocenters. The fourth-order valence-corrected chi connectivity index (χ4v) is 4.76. The molecule has 1 heterocycles. The molecule has 4 nitrogen and oxygen atoms in total. The Hall–Kier alpha value is -1.07. The van der Waals surface area contributed by atoms with Crippen molar-refractivity contribution < 1.29 is 13.2 Å². The third-order valence-corrected chi connectivity index (χ3v) is 5.81. The number of hydrogen-bond acceptors (Lipinski definition) is 3. The fraction of sp³-hybridized carbons (Fsp3) is 0.500. The number of halogens is 1. The summed E-state index contributed by atoms with van der Waals surface area (Å²) in [4.78, 5) is 12.1. The molecule has 1 aliphatic heterocycles. The van der Waals surface area contributed by atoms with Crippen LogP contribution < -0.4 is 5.32 Å². The number of carbonyl (C=O) groups excluding carboxylic acids is 1. The van der Waals surface area contributed by atoms with Gasteiger partial charge in [0.2, 0.25) is 0 Å². The standard InChI is InChI=1S/C14H18ClNO3S/c1-9(2)10-3-5-11(6-4-10)14(17)16-13-8-20(18,19)7-12(13)15/h3-6,9,12-13H,7-8H2,1-2H3,(H,16,17). The normalized spacial score (nSPS) is 24.8. The van der Waals surface area contributed by atoms with Gasteiger partial charge in [0.1, 0.15) is 0 Å². The highest BCUT2D eigenvalue weighted by atomic mass is 35.5. The Morgan fingerprint density at radius 2 is 1.85 bits per heavy atom. The number of amides is 1. The molecule has 0 saturated carbocycles. The van der Waals surface area contributed by atoms with E-state index >= 15 is 0 Å². The van der Waals surface area contributed by atoms with Crippen LogP contribution >= 0.6 is 11.6 Å². The lowest BCUT2D eigenvalue weighted by molar-refractivity contribution is 0.0941. The monoisotopic (exact) mass is 315 g/mol. The van der Waals surface area contributed by atoms with E-state index in [1.807, 2.05) is 12.1 Å². The minimum Gasteiger partial charge on any atom is -0.347 e. The van der Waals surface area contributed by atoms with Crippen LogP contribution in [0.25, 0.3) is 0 Å². The van der Waals surface area contributed by atoms with Gasteiger partial charge in [-0.05, 0) is 23.6 Å². The molecule has 0 radical (unpaired) electrons. The van der Waals surface area contributed by atoms with Gasteiger partial charge in [-0.15, -0.1) is 11.6 Å². The van der Waals surface area contributed by atoms with E-state index in [-0.39, 0.29) is 17.4 Å². The summed E-state index contributed by atoms with van der Waals surface area (Å²) in [5, 5.41) is 2.14. The molecule has 20 heavy (non-hydrogen) atoms. The van der Waals surface area contributed by atoms with Gasteiger partial charge in [0.25, 0.3) is 5.91 Å². The largest absolute Gasteiger partial charge is 0.347 e. The molecule has 6 heteroatoms. The Morgan fingerprint density at radius 3 is 2.30 bits per heavy atom. The van der Waals surface area contributed by atoms with Crippen molar-refractivity contribution in [3.63, 3.8) is 0 Å². The number of sulfone groups is 1. The van der Waals surface area contributed by atoms with Gasteiger partial charge in [-0.25, -0.2) is 8.42 Å². The average molecular weight is 316 g/mol. The van der Waals surface area contributed by atoms with E-state index in [9.17, 15) is 13.2 Å². The summed E-state index contributed by atoms with van der Waals surface area (Å²) in [6.45, 7) is 4.16. The van der Waals surface area contributed by atoms with E-state index in [1.165, 1.54) is 0 Å². The average Bonchev–Trinajstić information content (AvgIpc) is 2.62. The lowest BCUT2D eigenvalue weighted by Gasteiger charge is -2.14. The SMILES string of the molecule is CC(C)c1ccc(C(=O)NC2CS(=O)(=O)CC2Cl)cc1. The summed E-state index contributed by atoms with van der Waals surface area (Å²) < 4.78 is 22.9. The van der Waals surface area contributed by atoms with Gasteiger partial charge < -0.3 is 5.32 Å². The van der Waals surface area contributed by atoms with Crippen molar-refractivity contribution in [1.29, 1.82) is 0 Å². The highest BCUT2D eigenvalue weighted by molar-refractivity contribution is 7.91. The second kappa shape index (κ2) is 5.74. The van der Waals surface area contributed by atoms with Gasteiger partial charge in [0.15, 0.2) is 9.84 Å². The summed E-state index contributed by atoms with van der Waals surface area (Å²) in [6.07, 6.45) is 0. The van der Waals surface area contributed by atoms with Crippen molar-refractivity contribution in [3.8, 4) is 0 Å². The zero-order valence-corrected chi connectivity index (χ0v) is 13.0. The first-order chi connectivity index (χ1) is 9.28. The molecule has 1 saturated heterocycles. The van der Waals surface area contributed by atoms with Crippen LogP contribution in [0.5, 0.6) is 0 Å². The van der Waals surface area contributed by atoms with Crippen molar-refractivity contribution in [2.24, 2.45) is 0 Å². The smallest absolute Gasteiger partial charge is 0.251 e. The van der Waals surface area contributed by atoms with E-state index in [1.54, 1.807) is 12.1 Å². The van der Waals surface area contributed by atoms with E-state index in [4.69, 9.17) is 11.6 Å². The van der Waals surface area contributed by atoms with Gasteiger partial charge in [-0.2, -0.15) is 0 Å². The Bertz CT molecular complexity index is 595. The first kappa shape index (κ1) is 15.3. The van der Waals surface area contributed by atoms with Gasteiger partial charge in [0, 0.05) is 5.56 Å². The van der Waals surface area contributed by atoms with Crippen molar-refractivity contribution in [1.82, 2.24) is 5.32 Å². The predicted octanol–water partition coefficient (Wildman–Crippen LogP) is 1.94. The Kier molecular flexibility index (Phi) is 4.39. The molecule has 0 bridgehead atoms. The molecule has 1 fully saturated rings. The third kappa shape index (κ3) is 3.52. The van der Waals surface area contributed by atoms with Crippen molar-refractivity contribution in [3.05, 3.63) is 35.4 Å².